The van der Waals surface area contributed by atoms with E-state index in [0.29, 0.717) is 0 Å². The highest BCUT2D eigenvalue weighted by Gasteiger charge is 2.02. The Kier molecular flexibility index (Phi) is 6.22. The first-order chi connectivity index (χ1) is 12.8. The molecule has 3 aromatic rings. The standard InChI is InChI=1S/C26H26/c1-3-23-9-5-7-11-25(23)19-17-21-13-15-22(16-14-21)18-20-26-12-8-6-10-24(26)4-2/h3-16H,1-2,17-20H2. The monoisotopic (exact) mass is 338 g/mol. The lowest BCUT2D eigenvalue weighted by molar-refractivity contribution is 0.937. The SMILES string of the molecule is C=Cc1ccccc1CCc1ccc(CCc2ccccc2C=C)cc1. The van der Waals surface area contributed by atoms with Crippen LogP contribution in [0.3, 0.4) is 0 Å². The topological polar surface area (TPSA) is 0 Å². The van der Waals surface area contributed by atoms with Gasteiger partial charge in [-0.1, -0.05) is 98.1 Å². The van der Waals surface area contributed by atoms with E-state index in [2.05, 4.69) is 86.0 Å². The zero-order valence-corrected chi connectivity index (χ0v) is 15.3. The lowest BCUT2D eigenvalue weighted by Gasteiger charge is -2.08. The molecule has 0 bridgehead atoms. The molecule has 130 valence electrons. The summed E-state index contributed by atoms with van der Waals surface area (Å²) in [6, 6.07) is 26.1. The minimum absolute atomic E-state index is 1.05. The second kappa shape index (κ2) is 9.01. The maximum absolute atomic E-state index is 3.91. The second-order valence-electron chi connectivity index (χ2n) is 6.62. The summed E-state index contributed by atoms with van der Waals surface area (Å²) in [7, 11) is 0. The van der Waals surface area contributed by atoms with Gasteiger partial charge in [0.2, 0.25) is 0 Å². The summed E-state index contributed by atoms with van der Waals surface area (Å²) in [4.78, 5) is 0. The first-order valence-electron chi connectivity index (χ1n) is 9.28. The molecule has 26 heavy (non-hydrogen) atoms. The number of rotatable bonds is 8. The van der Waals surface area contributed by atoms with Crippen LogP contribution in [0, 0.1) is 0 Å². The van der Waals surface area contributed by atoms with E-state index in [1.54, 1.807) is 0 Å². The molecule has 0 amide bonds. The molecular weight excluding hydrogens is 312 g/mol. The Balaban J connectivity index is 1.58. The normalized spacial score (nSPS) is 10.5. The average molecular weight is 338 g/mol. The van der Waals surface area contributed by atoms with Gasteiger partial charge in [0.05, 0.1) is 0 Å². The molecule has 0 aliphatic heterocycles. The lowest BCUT2D eigenvalue weighted by atomic mass is 9.97. The van der Waals surface area contributed by atoms with Crippen LogP contribution in [0.15, 0.2) is 86.0 Å². The van der Waals surface area contributed by atoms with Gasteiger partial charge in [0.1, 0.15) is 0 Å². The van der Waals surface area contributed by atoms with Gasteiger partial charge in [-0.05, 0) is 59.1 Å². The predicted octanol–water partition coefficient (Wildman–Crippen LogP) is 6.54. The van der Waals surface area contributed by atoms with Crippen LogP contribution in [0.25, 0.3) is 12.2 Å². The molecule has 0 radical (unpaired) electrons. The van der Waals surface area contributed by atoms with Crippen LogP contribution in [0.5, 0.6) is 0 Å². The quantitative estimate of drug-likeness (QED) is 0.437. The fourth-order valence-electron chi connectivity index (χ4n) is 3.35. The third-order valence-corrected chi connectivity index (χ3v) is 4.94. The molecule has 0 unspecified atom stereocenters. The molecule has 0 aliphatic rings. The number of aryl methyl sites for hydroxylation is 4. The van der Waals surface area contributed by atoms with E-state index in [1.165, 1.54) is 33.4 Å². The molecule has 0 aliphatic carbocycles. The Morgan fingerprint density at radius 3 is 1.27 bits per heavy atom. The van der Waals surface area contributed by atoms with Crippen LogP contribution in [-0.2, 0) is 25.7 Å². The third kappa shape index (κ3) is 4.61. The van der Waals surface area contributed by atoms with Crippen molar-refractivity contribution in [2.45, 2.75) is 25.7 Å². The van der Waals surface area contributed by atoms with E-state index < -0.39 is 0 Å². The summed E-state index contributed by atoms with van der Waals surface area (Å²) in [5.74, 6) is 0. The predicted molar refractivity (Wildman–Crippen MR) is 114 cm³/mol. The molecule has 0 fully saturated rings. The van der Waals surface area contributed by atoms with Crippen molar-refractivity contribution in [3.05, 3.63) is 119 Å². The van der Waals surface area contributed by atoms with Crippen molar-refractivity contribution in [2.75, 3.05) is 0 Å². The zero-order chi connectivity index (χ0) is 18.2. The van der Waals surface area contributed by atoms with Gasteiger partial charge in [-0.3, -0.25) is 0 Å². The van der Waals surface area contributed by atoms with E-state index in [1.807, 2.05) is 12.2 Å². The molecule has 0 spiro atoms. The fraction of sp³-hybridized carbons (Fsp3) is 0.154. The van der Waals surface area contributed by atoms with Crippen molar-refractivity contribution >= 4 is 12.2 Å². The van der Waals surface area contributed by atoms with E-state index >= 15 is 0 Å². The number of hydrogen-bond donors (Lipinski definition) is 0. The van der Waals surface area contributed by atoms with Crippen molar-refractivity contribution in [1.82, 2.24) is 0 Å². The number of hydrogen-bond acceptors (Lipinski definition) is 0. The van der Waals surface area contributed by atoms with Crippen molar-refractivity contribution in [1.29, 1.82) is 0 Å². The summed E-state index contributed by atoms with van der Waals surface area (Å²) in [5, 5.41) is 0. The van der Waals surface area contributed by atoms with Crippen LogP contribution in [0.4, 0.5) is 0 Å². The van der Waals surface area contributed by atoms with Gasteiger partial charge >= 0.3 is 0 Å². The van der Waals surface area contributed by atoms with E-state index in [9.17, 15) is 0 Å². The molecule has 3 rings (SSSR count). The van der Waals surface area contributed by atoms with E-state index in [0.717, 1.165) is 25.7 Å². The van der Waals surface area contributed by atoms with Crippen LogP contribution < -0.4 is 0 Å². The lowest BCUT2D eigenvalue weighted by Crippen LogP contribution is -1.96. The Morgan fingerprint density at radius 1 is 0.500 bits per heavy atom. The van der Waals surface area contributed by atoms with Crippen molar-refractivity contribution in [3.8, 4) is 0 Å². The molecule has 0 nitrogen and oxygen atoms in total. The summed E-state index contributed by atoms with van der Waals surface area (Å²) in [5.41, 5.74) is 7.99. The molecule has 0 aromatic heterocycles. The van der Waals surface area contributed by atoms with E-state index in [-0.39, 0.29) is 0 Å². The van der Waals surface area contributed by atoms with E-state index in [4.69, 9.17) is 0 Å². The maximum Gasteiger partial charge on any atom is -0.0230 e. The van der Waals surface area contributed by atoms with Crippen molar-refractivity contribution < 1.29 is 0 Å². The Morgan fingerprint density at radius 2 is 0.885 bits per heavy atom. The Labute approximate surface area is 157 Å². The van der Waals surface area contributed by atoms with Gasteiger partial charge < -0.3 is 0 Å². The summed E-state index contributed by atoms with van der Waals surface area (Å²) >= 11 is 0. The van der Waals surface area contributed by atoms with Crippen LogP contribution >= 0.6 is 0 Å². The summed E-state index contributed by atoms with van der Waals surface area (Å²) in [6.07, 6.45) is 8.11. The molecular formula is C26H26. The Hall–Kier alpha value is -2.86. The molecule has 0 heteroatoms. The minimum Gasteiger partial charge on any atom is -0.0985 e. The molecule has 0 atom stereocenters. The van der Waals surface area contributed by atoms with Gasteiger partial charge in [-0.2, -0.15) is 0 Å². The summed E-state index contributed by atoms with van der Waals surface area (Å²) in [6.45, 7) is 7.82. The highest BCUT2D eigenvalue weighted by atomic mass is 14.1. The molecule has 3 aromatic carbocycles. The van der Waals surface area contributed by atoms with Crippen LogP contribution in [0.1, 0.15) is 33.4 Å². The van der Waals surface area contributed by atoms with Gasteiger partial charge in [0.15, 0.2) is 0 Å². The van der Waals surface area contributed by atoms with Gasteiger partial charge in [0, 0.05) is 0 Å². The van der Waals surface area contributed by atoms with Crippen LogP contribution in [-0.4, -0.2) is 0 Å². The molecule has 0 saturated heterocycles. The molecule has 0 heterocycles. The minimum atomic E-state index is 1.05. The largest absolute Gasteiger partial charge is 0.0985 e. The third-order valence-electron chi connectivity index (χ3n) is 4.94. The second-order valence-corrected chi connectivity index (χ2v) is 6.62. The smallest absolute Gasteiger partial charge is 0.0230 e. The maximum atomic E-state index is 3.91. The first kappa shape index (κ1) is 17.9. The van der Waals surface area contributed by atoms with Crippen molar-refractivity contribution in [3.63, 3.8) is 0 Å². The number of benzene rings is 3. The van der Waals surface area contributed by atoms with Crippen LogP contribution in [0.2, 0.25) is 0 Å². The van der Waals surface area contributed by atoms with Gasteiger partial charge in [-0.15, -0.1) is 0 Å². The molecule has 0 saturated carbocycles. The highest BCUT2D eigenvalue weighted by Crippen LogP contribution is 2.16. The van der Waals surface area contributed by atoms with Crippen molar-refractivity contribution in [2.24, 2.45) is 0 Å². The van der Waals surface area contributed by atoms with Gasteiger partial charge in [0.25, 0.3) is 0 Å². The Bertz CT molecular complexity index is 794. The average Bonchev–Trinajstić information content (AvgIpc) is 2.72. The summed E-state index contributed by atoms with van der Waals surface area (Å²) < 4.78 is 0. The zero-order valence-electron chi connectivity index (χ0n) is 15.3. The first-order valence-corrected chi connectivity index (χ1v) is 9.28. The molecule has 0 N–H and O–H groups in total. The van der Waals surface area contributed by atoms with Gasteiger partial charge in [-0.25, -0.2) is 0 Å². The highest BCUT2D eigenvalue weighted by molar-refractivity contribution is 5.52. The fourth-order valence-corrected chi connectivity index (χ4v) is 3.35.